The second-order valence-corrected chi connectivity index (χ2v) is 3.43. The first-order chi connectivity index (χ1) is 7.75. The van der Waals surface area contributed by atoms with Gasteiger partial charge in [0.2, 0.25) is 5.91 Å². The lowest BCUT2D eigenvalue weighted by atomic mass is 10.1. The minimum atomic E-state index is -0.432. The van der Waals surface area contributed by atoms with Gasteiger partial charge >= 0.3 is 0 Å². The van der Waals surface area contributed by atoms with Gasteiger partial charge in [0.05, 0.1) is 0 Å². The van der Waals surface area contributed by atoms with E-state index in [1.807, 2.05) is 12.1 Å². The van der Waals surface area contributed by atoms with E-state index in [1.54, 1.807) is 30.7 Å². The van der Waals surface area contributed by atoms with Crippen LogP contribution in [0.2, 0.25) is 0 Å². The maximum absolute atomic E-state index is 11.0. The molecule has 0 fully saturated rings. The van der Waals surface area contributed by atoms with Crippen molar-refractivity contribution < 1.29 is 4.79 Å². The fraction of sp³-hybridized carbons (Fsp3) is 0.0833. The van der Waals surface area contributed by atoms with Crippen LogP contribution < -0.4 is 5.73 Å². The third-order valence-corrected chi connectivity index (χ3v) is 2.24. The molecule has 0 aliphatic carbocycles. The Hall–Kier alpha value is -2.23. The topological polar surface area (TPSA) is 68.9 Å². The molecule has 0 aromatic carbocycles. The van der Waals surface area contributed by atoms with Crippen molar-refractivity contribution >= 4 is 5.91 Å². The molecule has 0 bridgehead atoms. The molecular weight excluding hydrogens is 202 g/mol. The molecule has 2 aromatic heterocycles. The number of amides is 1. The Labute approximate surface area is 93.2 Å². The lowest BCUT2D eigenvalue weighted by molar-refractivity contribution is 0.1000. The molecule has 0 spiro atoms. The number of carbonyl (C=O) groups is 1. The first-order valence-corrected chi connectivity index (χ1v) is 4.89. The fourth-order valence-electron chi connectivity index (χ4n) is 1.44. The molecule has 80 valence electrons. The molecule has 4 heteroatoms. The minimum Gasteiger partial charge on any atom is -0.366 e. The van der Waals surface area contributed by atoms with E-state index in [0.29, 0.717) is 12.0 Å². The van der Waals surface area contributed by atoms with Crippen LogP contribution in [0.3, 0.4) is 0 Å². The van der Waals surface area contributed by atoms with E-state index < -0.39 is 5.91 Å². The van der Waals surface area contributed by atoms with Gasteiger partial charge in [-0.3, -0.25) is 14.8 Å². The standard InChI is InChI=1S/C12H11N3O/c13-12(16)10-3-6-15-11(8-10)7-9-1-4-14-5-2-9/h1-6,8H,7H2,(H2,13,16). The number of rotatable bonds is 3. The van der Waals surface area contributed by atoms with Gasteiger partial charge in [0.15, 0.2) is 0 Å². The number of hydrogen-bond donors (Lipinski definition) is 1. The molecule has 0 radical (unpaired) electrons. The van der Waals surface area contributed by atoms with Crippen LogP contribution in [0.15, 0.2) is 42.9 Å². The summed E-state index contributed by atoms with van der Waals surface area (Å²) >= 11 is 0. The first-order valence-electron chi connectivity index (χ1n) is 4.89. The van der Waals surface area contributed by atoms with Crippen molar-refractivity contribution in [2.45, 2.75) is 6.42 Å². The normalized spacial score (nSPS) is 10.0. The largest absolute Gasteiger partial charge is 0.366 e. The number of pyridine rings is 2. The zero-order valence-electron chi connectivity index (χ0n) is 8.63. The van der Waals surface area contributed by atoms with Gasteiger partial charge in [-0.05, 0) is 29.8 Å². The van der Waals surface area contributed by atoms with Crippen LogP contribution in [-0.4, -0.2) is 15.9 Å². The maximum atomic E-state index is 11.0. The summed E-state index contributed by atoms with van der Waals surface area (Å²) in [6, 6.07) is 7.15. The molecule has 0 unspecified atom stereocenters. The molecule has 16 heavy (non-hydrogen) atoms. The lowest BCUT2D eigenvalue weighted by Crippen LogP contribution is -2.11. The predicted octanol–water partition coefficient (Wildman–Crippen LogP) is 1.17. The molecule has 2 rings (SSSR count). The van der Waals surface area contributed by atoms with Crippen LogP contribution in [0.4, 0.5) is 0 Å². The van der Waals surface area contributed by atoms with Gasteiger partial charge in [-0.2, -0.15) is 0 Å². The lowest BCUT2D eigenvalue weighted by Gasteiger charge is -2.02. The Balaban J connectivity index is 2.22. The highest BCUT2D eigenvalue weighted by atomic mass is 16.1. The summed E-state index contributed by atoms with van der Waals surface area (Å²) in [7, 11) is 0. The molecule has 0 saturated heterocycles. The summed E-state index contributed by atoms with van der Waals surface area (Å²) in [5.41, 5.74) is 7.61. The molecule has 0 aliphatic rings. The number of aromatic nitrogens is 2. The molecule has 1 amide bonds. The van der Waals surface area contributed by atoms with Gasteiger partial charge in [0.25, 0.3) is 0 Å². The van der Waals surface area contributed by atoms with Crippen LogP contribution in [0.5, 0.6) is 0 Å². The van der Waals surface area contributed by atoms with Gasteiger partial charge in [-0.1, -0.05) is 0 Å². The van der Waals surface area contributed by atoms with E-state index in [4.69, 9.17) is 5.73 Å². The van der Waals surface area contributed by atoms with Crippen molar-refractivity contribution in [2.24, 2.45) is 5.73 Å². The maximum Gasteiger partial charge on any atom is 0.248 e. The highest BCUT2D eigenvalue weighted by molar-refractivity contribution is 5.92. The summed E-state index contributed by atoms with van der Waals surface area (Å²) < 4.78 is 0. The first kappa shape index (κ1) is 10.3. The van der Waals surface area contributed by atoms with Crippen molar-refractivity contribution in [2.75, 3.05) is 0 Å². The number of carbonyl (C=O) groups excluding carboxylic acids is 1. The van der Waals surface area contributed by atoms with Gasteiger partial charge in [-0.25, -0.2) is 0 Å². The predicted molar refractivity (Wildman–Crippen MR) is 59.8 cm³/mol. The number of primary amides is 1. The molecule has 4 nitrogen and oxygen atoms in total. The van der Waals surface area contributed by atoms with Gasteiger partial charge in [0.1, 0.15) is 0 Å². The molecule has 2 aromatic rings. The van der Waals surface area contributed by atoms with Crippen LogP contribution in [0.1, 0.15) is 21.6 Å². The Bertz CT molecular complexity index is 497. The van der Waals surface area contributed by atoms with Crippen molar-refractivity contribution in [3.05, 3.63) is 59.7 Å². The second kappa shape index (κ2) is 4.53. The summed E-state index contributed by atoms with van der Waals surface area (Å²) in [5, 5.41) is 0. The highest BCUT2D eigenvalue weighted by Crippen LogP contribution is 2.07. The highest BCUT2D eigenvalue weighted by Gasteiger charge is 2.03. The molecule has 0 aliphatic heterocycles. The summed E-state index contributed by atoms with van der Waals surface area (Å²) in [6.07, 6.45) is 5.72. The van der Waals surface area contributed by atoms with Gasteiger partial charge in [0, 0.05) is 36.3 Å². The van der Waals surface area contributed by atoms with Crippen molar-refractivity contribution in [1.82, 2.24) is 9.97 Å². The van der Waals surface area contributed by atoms with E-state index >= 15 is 0 Å². The SMILES string of the molecule is NC(=O)c1ccnc(Cc2ccncc2)c1. The monoisotopic (exact) mass is 213 g/mol. The zero-order chi connectivity index (χ0) is 11.4. The van der Waals surface area contributed by atoms with E-state index in [1.165, 1.54) is 0 Å². The van der Waals surface area contributed by atoms with E-state index in [2.05, 4.69) is 9.97 Å². The third kappa shape index (κ3) is 2.42. The van der Waals surface area contributed by atoms with E-state index in [0.717, 1.165) is 11.3 Å². The molecule has 0 atom stereocenters. The average Bonchev–Trinajstić information content (AvgIpc) is 2.30. The van der Waals surface area contributed by atoms with Gasteiger partial charge in [-0.15, -0.1) is 0 Å². The second-order valence-electron chi connectivity index (χ2n) is 3.43. The quantitative estimate of drug-likeness (QED) is 0.832. The Kier molecular flexibility index (Phi) is 2.91. The Morgan fingerprint density at radius 3 is 2.62 bits per heavy atom. The third-order valence-electron chi connectivity index (χ3n) is 2.24. The van der Waals surface area contributed by atoms with E-state index in [-0.39, 0.29) is 0 Å². The van der Waals surface area contributed by atoms with Crippen LogP contribution in [-0.2, 0) is 6.42 Å². The zero-order valence-corrected chi connectivity index (χ0v) is 8.63. The Morgan fingerprint density at radius 1 is 1.19 bits per heavy atom. The molecule has 0 saturated carbocycles. The average molecular weight is 213 g/mol. The Morgan fingerprint density at radius 2 is 1.94 bits per heavy atom. The van der Waals surface area contributed by atoms with Crippen LogP contribution >= 0.6 is 0 Å². The fourth-order valence-corrected chi connectivity index (χ4v) is 1.44. The summed E-state index contributed by atoms with van der Waals surface area (Å²) in [4.78, 5) is 19.1. The molecule has 2 heterocycles. The minimum absolute atomic E-state index is 0.432. The smallest absolute Gasteiger partial charge is 0.248 e. The van der Waals surface area contributed by atoms with Crippen molar-refractivity contribution in [3.8, 4) is 0 Å². The summed E-state index contributed by atoms with van der Waals surface area (Å²) in [5.74, 6) is -0.432. The number of nitrogens with two attached hydrogens (primary N) is 1. The number of nitrogens with zero attached hydrogens (tertiary/aromatic N) is 2. The number of hydrogen-bond acceptors (Lipinski definition) is 3. The molecule has 2 N–H and O–H groups in total. The van der Waals surface area contributed by atoms with Crippen LogP contribution in [0, 0.1) is 0 Å². The van der Waals surface area contributed by atoms with Crippen molar-refractivity contribution in [1.29, 1.82) is 0 Å². The van der Waals surface area contributed by atoms with Crippen LogP contribution in [0.25, 0.3) is 0 Å². The van der Waals surface area contributed by atoms with E-state index in [9.17, 15) is 4.79 Å². The van der Waals surface area contributed by atoms with Crippen molar-refractivity contribution in [3.63, 3.8) is 0 Å². The van der Waals surface area contributed by atoms with Gasteiger partial charge < -0.3 is 5.73 Å². The molecular formula is C12H11N3O. The summed E-state index contributed by atoms with van der Waals surface area (Å²) in [6.45, 7) is 0.